The van der Waals surface area contributed by atoms with E-state index in [0.717, 1.165) is 0 Å². The van der Waals surface area contributed by atoms with E-state index in [9.17, 15) is 18.0 Å². The fourth-order valence-electron chi connectivity index (χ4n) is 1.03. The fraction of sp³-hybridized carbons (Fsp3) is 0.714. The van der Waals surface area contributed by atoms with Gasteiger partial charge in [0.1, 0.15) is 6.04 Å². The van der Waals surface area contributed by atoms with Gasteiger partial charge < -0.3 is 10.2 Å². The van der Waals surface area contributed by atoms with Crippen molar-refractivity contribution >= 4 is 22.0 Å². The van der Waals surface area contributed by atoms with E-state index < -0.39 is 39.7 Å². The summed E-state index contributed by atoms with van der Waals surface area (Å²) in [5.41, 5.74) is 0. The largest absolute Gasteiger partial charge is 0.481 e. The summed E-state index contributed by atoms with van der Waals surface area (Å²) in [6.45, 7) is 0. The van der Waals surface area contributed by atoms with Crippen LogP contribution in [0.2, 0.25) is 0 Å². The Balaban J connectivity index is 2.65. The lowest BCUT2D eigenvalue weighted by molar-refractivity contribution is -0.145. The molecule has 1 atom stereocenters. The van der Waals surface area contributed by atoms with Gasteiger partial charge in [0.05, 0.1) is 11.7 Å². The number of carboxylic acids is 2. The standard InChI is InChI=1S/C7H11NO6S/c9-6(10)3-5(7(11)12)8-15(13,14)4-1-2-4/h4-5,8H,1-3H2,(H,9,10)(H,11,12)/t5-/m0/s1. The van der Waals surface area contributed by atoms with E-state index in [4.69, 9.17) is 10.2 Å². The summed E-state index contributed by atoms with van der Waals surface area (Å²) in [6, 6.07) is -1.59. The van der Waals surface area contributed by atoms with Crippen molar-refractivity contribution in [1.29, 1.82) is 0 Å². The summed E-state index contributed by atoms with van der Waals surface area (Å²) < 4.78 is 24.5. The van der Waals surface area contributed by atoms with Gasteiger partial charge >= 0.3 is 11.9 Å². The van der Waals surface area contributed by atoms with E-state index in [1.54, 1.807) is 0 Å². The minimum Gasteiger partial charge on any atom is -0.481 e. The van der Waals surface area contributed by atoms with Crippen LogP contribution in [-0.2, 0) is 19.6 Å². The van der Waals surface area contributed by atoms with Gasteiger partial charge in [-0.3, -0.25) is 9.59 Å². The highest BCUT2D eigenvalue weighted by atomic mass is 32.2. The summed E-state index contributed by atoms with van der Waals surface area (Å²) in [4.78, 5) is 20.9. The Labute approximate surface area is 86.1 Å². The molecular weight excluding hydrogens is 226 g/mol. The molecule has 0 aromatic carbocycles. The van der Waals surface area contributed by atoms with Crippen LogP contribution in [0.3, 0.4) is 0 Å². The van der Waals surface area contributed by atoms with Gasteiger partial charge in [-0.1, -0.05) is 0 Å². The number of hydrogen-bond donors (Lipinski definition) is 3. The average molecular weight is 237 g/mol. The minimum atomic E-state index is -3.67. The molecule has 0 radical (unpaired) electrons. The fourth-order valence-corrected chi connectivity index (χ4v) is 2.56. The third-order valence-corrected chi connectivity index (χ3v) is 3.91. The molecule has 0 unspecified atom stereocenters. The minimum absolute atomic E-state index is 0.495. The second kappa shape index (κ2) is 4.15. The van der Waals surface area contributed by atoms with Crippen molar-refractivity contribution in [2.24, 2.45) is 0 Å². The van der Waals surface area contributed by atoms with Gasteiger partial charge in [-0.15, -0.1) is 0 Å². The number of aliphatic carboxylic acids is 2. The summed E-state index contributed by atoms with van der Waals surface area (Å²) >= 11 is 0. The van der Waals surface area contributed by atoms with E-state index in [1.165, 1.54) is 0 Å². The van der Waals surface area contributed by atoms with Crippen molar-refractivity contribution in [3.05, 3.63) is 0 Å². The lowest BCUT2D eigenvalue weighted by atomic mass is 10.2. The number of rotatable bonds is 6. The SMILES string of the molecule is O=C(O)C[C@H](NS(=O)(=O)C1CC1)C(=O)O. The second-order valence-electron chi connectivity index (χ2n) is 3.35. The topological polar surface area (TPSA) is 121 Å². The van der Waals surface area contributed by atoms with E-state index in [2.05, 4.69) is 0 Å². The molecular formula is C7H11NO6S. The van der Waals surface area contributed by atoms with Crippen molar-refractivity contribution < 1.29 is 28.2 Å². The third kappa shape index (κ3) is 3.48. The Bertz CT molecular complexity index is 371. The molecule has 1 aliphatic rings. The highest BCUT2D eigenvalue weighted by Gasteiger charge is 2.38. The van der Waals surface area contributed by atoms with E-state index in [1.807, 2.05) is 4.72 Å². The number of nitrogens with one attached hydrogen (secondary N) is 1. The Morgan fingerprint density at radius 2 is 1.87 bits per heavy atom. The molecule has 1 rings (SSSR count). The quantitative estimate of drug-likeness (QED) is 0.544. The maximum absolute atomic E-state index is 11.3. The van der Waals surface area contributed by atoms with Crippen molar-refractivity contribution in [2.75, 3.05) is 0 Å². The van der Waals surface area contributed by atoms with Gasteiger partial charge in [-0.2, -0.15) is 0 Å². The average Bonchev–Trinajstić information content (AvgIpc) is 2.82. The van der Waals surface area contributed by atoms with Crippen LogP contribution in [-0.4, -0.2) is 41.9 Å². The highest BCUT2D eigenvalue weighted by Crippen LogP contribution is 2.27. The molecule has 0 aliphatic heterocycles. The number of hydrogen-bond acceptors (Lipinski definition) is 4. The second-order valence-corrected chi connectivity index (χ2v) is 5.34. The molecule has 15 heavy (non-hydrogen) atoms. The molecule has 0 heterocycles. The molecule has 0 bridgehead atoms. The summed E-state index contributed by atoms with van der Waals surface area (Å²) in [7, 11) is -3.67. The molecule has 0 aromatic rings. The van der Waals surface area contributed by atoms with Crippen LogP contribution in [0, 0.1) is 0 Å². The molecule has 1 saturated carbocycles. The molecule has 7 nitrogen and oxygen atoms in total. The first-order valence-corrected chi connectivity index (χ1v) is 5.83. The smallest absolute Gasteiger partial charge is 0.322 e. The first-order chi connectivity index (χ1) is 6.83. The van der Waals surface area contributed by atoms with Crippen LogP contribution >= 0.6 is 0 Å². The summed E-state index contributed by atoms with van der Waals surface area (Å²) in [5.74, 6) is -2.84. The van der Waals surface area contributed by atoms with Crippen LogP contribution in [0.15, 0.2) is 0 Å². The lowest BCUT2D eigenvalue weighted by Gasteiger charge is -2.11. The van der Waals surface area contributed by atoms with Gasteiger partial charge in [-0.25, -0.2) is 13.1 Å². The molecule has 1 fully saturated rings. The van der Waals surface area contributed by atoms with Gasteiger partial charge in [0.15, 0.2) is 0 Å². The van der Waals surface area contributed by atoms with E-state index in [-0.39, 0.29) is 0 Å². The van der Waals surface area contributed by atoms with Gasteiger partial charge in [0.2, 0.25) is 10.0 Å². The van der Waals surface area contributed by atoms with E-state index >= 15 is 0 Å². The summed E-state index contributed by atoms with van der Waals surface area (Å²) in [5, 5.41) is 16.4. The zero-order chi connectivity index (χ0) is 11.6. The Morgan fingerprint density at radius 1 is 1.33 bits per heavy atom. The number of sulfonamides is 1. The van der Waals surface area contributed by atoms with Crippen molar-refractivity contribution in [2.45, 2.75) is 30.6 Å². The molecule has 0 amide bonds. The zero-order valence-corrected chi connectivity index (χ0v) is 8.53. The van der Waals surface area contributed by atoms with Crippen LogP contribution in [0.1, 0.15) is 19.3 Å². The van der Waals surface area contributed by atoms with Crippen molar-refractivity contribution in [3.63, 3.8) is 0 Å². The van der Waals surface area contributed by atoms with Crippen LogP contribution < -0.4 is 4.72 Å². The van der Waals surface area contributed by atoms with Gasteiger partial charge in [-0.05, 0) is 12.8 Å². The number of carboxylic acid groups (broad SMARTS) is 2. The maximum atomic E-state index is 11.3. The molecule has 0 saturated heterocycles. The van der Waals surface area contributed by atoms with Crippen molar-refractivity contribution in [1.82, 2.24) is 4.72 Å². The molecule has 0 aromatic heterocycles. The normalized spacial score (nSPS) is 18.4. The van der Waals surface area contributed by atoms with E-state index in [0.29, 0.717) is 12.8 Å². The zero-order valence-electron chi connectivity index (χ0n) is 7.71. The predicted molar refractivity (Wildman–Crippen MR) is 48.8 cm³/mol. The Morgan fingerprint density at radius 3 is 2.20 bits per heavy atom. The maximum Gasteiger partial charge on any atom is 0.322 e. The lowest BCUT2D eigenvalue weighted by Crippen LogP contribution is -2.43. The molecule has 8 heteroatoms. The predicted octanol–water partition coefficient (Wildman–Crippen LogP) is -1.00. The first kappa shape index (κ1) is 11.9. The Kier molecular flexibility index (Phi) is 3.30. The van der Waals surface area contributed by atoms with Gasteiger partial charge in [0.25, 0.3) is 0 Å². The van der Waals surface area contributed by atoms with Gasteiger partial charge in [0, 0.05) is 0 Å². The van der Waals surface area contributed by atoms with Crippen LogP contribution in [0.25, 0.3) is 0 Å². The molecule has 3 N–H and O–H groups in total. The Hall–Kier alpha value is -1.15. The van der Waals surface area contributed by atoms with Crippen LogP contribution in [0.5, 0.6) is 0 Å². The number of carbonyl (C=O) groups is 2. The molecule has 86 valence electrons. The highest BCUT2D eigenvalue weighted by molar-refractivity contribution is 7.90. The molecule has 0 spiro atoms. The van der Waals surface area contributed by atoms with Crippen LogP contribution in [0.4, 0.5) is 0 Å². The monoisotopic (exact) mass is 237 g/mol. The third-order valence-electron chi connectivity index (χ3n) is 1.95. The first-order valence-electron chi connectivity index (χ1n) is 4.28. The molecule has 1 aliphatic carbocycles. The summed E-state index contributed by atoms with van der Waals surface area (Å²) in [6.07, 6.45) is 0.227. The van der Waals surface area contributed by atoms with Crippen molar-refractivity contribution in [3.8, 4) is 0 Å².